The second-order valence-corrected chi connectivity index (χ2v) is 7.97. The number of ether oxygens (including phenoxy) is 2. The Morgan fingerprint density at radius 2 is 2.18 bits per heavy atom. The summed E-state index contributed by atoms with van der Waals surface area (Å²) in [5.41, 5.74) is 10.2. The van der Waals surface area contributed by atoms with Crippen LogP contribution >= 0.6 is 11.6 Å². The molecule has 0 saturated carbocycles. The van der Waals surface area contributed by atoms with Gasteiger partial charge in [-0.15, -0.1) is 0 Å². The zero-order valence-corrected chi connectivity index (χ0v) is 17.0. The lowest BCUT2D eigenvalue weighted by molar-refractivity contribution is 0.211. The summed E-state index contributed by atoms with van der Waals surface area (Å²) < 4.78 is 11.1. The van der Waals surface area contributed by atoms with Gasteiger partial charge in [0.2, 0.25) is 0 Å². The van der Waals surface area contributed by atoms with E-state index in [1.54, 1.807) is 7.11 Å². The average molecular weight is 397 g/mol. The zero-order valence-electron chi connectivity index (χ0n) is 16.2. The second-order valence-electron chi connectivity index (χ2n) is 7.53. The smallest absolute Gasteiger partial charge is 0.283 e. The van der Waals surface area contributed by atoms with Gasteiger partial charge >= 0.3 is 0 Å². The largest absolute Gasteiger partial charge is 0.496 e. The molecular weight excluding hydrogens is 372 g/mol. The molecule has 4 rings (SSSR count). The van der Waals surface area contributed by atoms with E-state index in [2.05, 4.69) is 42.5 Å². The lowest BCUT2D eigenvalue weighted by Crippen LogP contribution is -2.35. The van der Waals surface area contributed by atoms with Gasteiger partial charge in [0.1, 0.15) is 17.9 Å². The normalized spacial score (nSPS) is 26.8. The predicted molar refractivity (Wildman–Crippen MR) is 114 cm³/mol. The van der Waals surface area contributed by atoms with Crippen molar-refractivity contribution in [2.45, 2.75) is 31.7 Å². The molecule has 0 spiro atoms. The summed E-state index contributed by atoms with van der Waals surface area (Å²) in [6.45, 7) is 2.48. The van der Waals surface area contributed by atoms with Gasteiger partial charge in [-0.05, 0) is 66.7 Å². The highest BCUT2D eigenvalue weighted by atomic mass is 35.5. The van der Waals surface area contributed by atoms with E-state index in [9.17, 15) is 0 Å². The van der Waals surface area contributed by atoms with E-state index in [-0.39, 0.29) is 11.9 Å². The quantitative estimate of drug-likeness (QED) is 0.788. The molecular formula is C23H25ClN2O2. The molecule has 0 saturated heterocycles. The first-order chi connectivity index (χ1) is 13.5. The van der Waals surface area contributed by atoms with Crippen molar-refractivity contribution in [1.29, 1.82) is 0 Å². The van der Waals surface area contributed by atoms with Crippen LogP contribution in [-0.2, 0) is 10.3 Å². The maximum atomic E-state index is 6.25. The SMILES string of the molecule is COc1ccc(C2(C3C=CC=C(C4=CC(Cl)=CCC4)C3)COC(N)=N2)cc1C. The van der Waals surface area contributed by atoms with Crippen molar-refractivity contribution in [1.82, 2.24) is 0 Å². The summed E-state index contributed by atoms with van der Waals surface area (Å²) in [7, 11) is 1.69. The lowest BCUT2D eigenvalue weighted by Gasteiger charge is -2.35. The highest BCUT2D eigenvalue weighted by molar-refractivity contribution is 6.31. The minimum absolute atomic E-state index is 0.145. The fourth-order valence-electron chi connectivity index (χ4n) is 4.31. The van der Waals surface area contributed by atoms with Gasteiger partial charge in [-0.25, -0.2) is 4.99 Å². The molecule has 5 heteroatoms. The molecule has 0 bridgehead atoms. The van der Waals surface area contributed by atoms with Gasteiger partial charge in [-0.1, -0.05) is 42.0 Å². The van der Waals surface area contributed by atoms with Gasteiger partial charge in [0.25, 0.3) is 6.02 Å². The number of aliphatic imine (C=N–C) groups is 1. The standard InChI is InChI=1S/C23H25ClN2O2/c1-15-11-19(9-10-21(15)27-2)23(14-28-22(25)26-23)18-7-3-5-16(12-18)17-6-4-8-20(24)13-17/h3,5,7-11,13,18H,4,6,12,14H2,1-2H3,(H2,25,26). The van der Waals surface area contributed by atoms with Crippen LogP contribution in [0.5, 0.6) is 5.75 Å². The van der Waals surface area contributed by atoms with E-state index in [4.69, 9.17) is 31.8 Å². The number of halogens is 1. The van der Waals surface area contributed by atoms with E-state index in [1.165, 1.54) is 11.1 Å². The molecule has 4 nitrogen and oxygen atoms in total. The fraction of sp³-hybridized carbons (Fsp3) is 0.348. The molecule has 2 aliphatic carbocycles. The first kappa shape index (κ1) is 18.9. The molecule has 2 atom stereocenters. The highest BCUT2D eigenvalue weighted by Crippen LogP contribution is 2.45. The van der Waals surface area contributed by atoms with E-state index < -0.39 is 5.54 Å². The van der Waals surface area contributed by atoms with Crippen LogP contribution in [0, 0.1) is 12.8 Å². The van der Waals surface area contributed by atoms with Crippen molar-refractivity contribution in [3.05, 3.63) is 75.9 Å². The monoisotopic (exact) mass is 396 g/mol. The van der Waals surface area contributed by atoms with Crippen LogP contribution in [0.3, 0.4) is 0 Å². The number of benzene rings is 1. The van der Waals surface area contributed by atoms with Crippen LogP contribution in [0.2, 0.25) is 0 Å². The van der Waals surface area contributed by atoms with Crippen LogP contribution in [0.1, 0.15) is 30.4 Å². The Kier molecular flexibility index (Phi) is 5.07. The molecule has 28 heavy (non-hydrogen) atoms. The Morgan fingerprint density at radius 1 is 1.32 bits per heavy atom. The number of rotatable bonds is 4. The van der Waals surface area contributed by atoms with Crippen molar-refractivity contribution >= 4 is 17.6 Å². The second kappa shape index (κ2) is 7.51. The van der Waals surface area contributed by atoms with Crippen molar-refractivity contribution in [2.75, 3.05) is 13.7 Å². The maximum absolute atomic E-state index is 6.25. The number of nitrogens with zero attached hydrogens (tertiary/aromatic N) is 1. The van der Waals surface area contributed by atoms with Crippen molar-refractivity contribution in [2.24, 2.45) is 16.6 Å². The van der Waals surface area contributed by atoms with Crippen molar-refractivity contribution in [3.8, 4) is 5.75 Å². The number of hydrogen-bond donors (Lipinski definition) is 1. The molecule has 1 heterocycles. The van der Waals surface area contributed by atoms with Gasteiger partial charge < -0.3 is 15.2 Å². The first-order valence-electron chi connectivity index (χ1n) is 9.59. The summed E-state index contributed by atoms with van der Waals surface area (Å²) in [5, 5.41) is 0.820. The summed E-state index contributed by atoms with van der Waals surface area (Å²) in [6.07, 6.45) is 13.5. The molecule has 2 N–H and O–H groups in total. The van der Waals surface area contributed by atoms with Crippen LogP contribution < -0.4 is 10.5 Å². The Balaban J connectivity index is 1.70. The number of aryl methyl sites for hydroxylation is 1. The Labute approximate surface area is 171 Å². The van der Waals surface area contributed by atoms with Crippen molar-refractivity contribution in [3.63, 3.8) is 0 Å². The van der Waals surface area contributed by atoms with Crippen LogP contribution in [-0.4, -0.2) is 19.7 Å². The minimum atomic E-state index is -0.536. The third-order valence-electron chi connectivity index (χ3n) is 5.82. The molecule has 1 aromatic rings. The molecule has 0 radical (unpaired) electrons. The minimum Gasteiger partial charge on any atom is -0.496 e. The third kappa shape index (κ3) is 3.37. The average Bonchev–Trinajstić information content (AvgIpc) is 3.11. The maximum Gasteiger partial charge on any atom is 0.283 e. The van der Waals surface area contributed by atoms with Gasteiger partial charge in [-0.2, -0.15) is 0 Å². The van der Waals surface area contributed by atoms with Gasteiger partial charge in [0.15, 0.2) is 0 Å². The number of allylic oxidation sites excluding steroid dienone is 7. The molecule has 1 aromatic carbocycles. The molecule has 0 aromatic heterocycles. The summed E-state index contributed by atoms with van der Waals surface area (Å²) in [4.78, 5) is 4.80. The Morgan fingerprint density at radius 3 is 2.86 bits per heavy atom. The molecule has 3 aliphatic rings. The Bertz CT molecular complexity index is 942. The first-order valence-corrected chi connectivity index (χ1v) is 9.97. The van der Waals surface area contributed by atoms with Gasteiger partial charge in [-0.3, -0.25) is 0 Å². The summed E-state index contributed by atoms with van der Waals surface area (Å²) in [6, 6.07) is 6.45. The highest BCUT2D eigenvalue weighted by Gasteiger charge is 2.45. The number of amidine groups is 1. The molecule has 146 valence electrons. The Hall–Kier alpha value is -2.46. The van der Waals surface area contributed by atoms with Crippen LogP contribution in [0.15, 0.2) is 69.8 Å². The molecule has 0 fully saturated rings. The van der Waals surface area contributed by atoms with E-state index in [0.29, 0.717) is 6.61 Å². The number of methoxy groups -OCH3 is 1. The van der Waals surface area contributed by atoms with Gasteiger partial charge in [0, 0.05) is 11.0 Å². The molecule has 1 aliphatic heterocycles. The topological polar surface area (TPSA) is 56.8 Å². The lowest BCUT2D eigenvalue weighted by atomic mass is 9.72. The van der Waals surface area contributed by atoms with E-state index >= 15 is 0 Å². The zero-order chi connectivity index (χ0) is 19.7. The van der Waals surface area contributed by atoms with Crippen molar-refractivity contribution < 1.29 is 9.47 Å². The number of hydrogen-bond acceptors (Lipinski definition) is 4. The van der Waals surface area contributed by atoms with Gasteiger partial charge in [0.05, 0.1) is 7.11 Å². The van der Waals surface area contributed by atoms with E-state index in [1.807, 2.05) is 13.0 Å². The fourth-order valence-corrected chi connectivity index (χ4v) is 4.55. The van der Waals surface area contributed by atoms with Crippen LogP contribution in [0.4, 0.5) is 0 Å². The van der Waals surface area contributed by atoms with E-state index in [0.717, 1.165) is 41.2 Å². The van der Waals surface area contributed by atoms with Crippen LogP contribution in [0.25, 0.3) is 0 Å². The number of nitrogens with two attached hydrogens (primary N) is 1. The summed E-state index contributed by atoms with van der Waals surface area (Å²) in [5.74, 6) is 1.01. The summed E-state index contributed by atoms with van der Waals surface area (Å²) >= 11 is 6.25. The molecule has 2 unspecified atom stereocenters. The predicted octanol–water partition coefficient (Wildman–Crippen LogP) is 4.89. The molecule has 0 amide bonds. The third-order valence-corrected chi connectivity index (χ3v) is 6.08.